The lowest BCUT2D eigenvalue weighted by molar-refractivity contribution is -0.0589. The summed E-state index contributed by atoms with van der Waals surface area (Å²) in [6.45, 7) is 0.788. The van der Waals surface area contributed by atoms with Crippen molar-refractivity contribution in [3.63, 3.8) is 0 Å². The minimum absolute atomic E-state index is 0.0237. The van der Waals surface area contributed by atoms with Gasteiger partial charge in [0.25, 0.3) is 0 Å². The number of imidazole rings is 1. The van der Waals surface area contributed by atoms with Crippen LogP contribution < -0.4 is 9.47 Å². The summed E-state index contributed by atoms with van der Waals surface area (Å²) >= 11 is 0. The minimum Gasteiger partial charge on any atom is -0.484 e. The van der Waals surface area contributed by atoms with Gasteiger partial charge in [-0.05, 0) is 42.8 Å². The summed E-state index contributed by atoms with van der Waals surface area (Å²) in [5.74, 6) is -2.79. The lowest BCUT2D eigenvalue weighted by Gasteiger charge is -2.27. The maximum absolute atomic E-state index is 15.3. The van der Waals surface area contributed by atoms with E-state index < -0.39 is 23.4 Å². The molecule has 1 aliphatic rings. The van der Waals surface area contributed by atoms with E-state index in [4.69, 9.17) is 19.5 Å². The zero-order valence-corrected chi connectivity index (χ0v) is 22.8. The first-order valence-corrected chi connectivity index (χ1v) is 13.4. The third-order valence-electron chi connectivity index (χ3n) is 6.99. The quantitative estimate of drug-likeness (QED) is 0.218. The van der Waals surface area contributed by atoms with E-state index in [1.807, 2.05) is 6.07 Å². The molecule has 10 nitrogen and oxygen atoms in total. The smallest absolute Gasteiger partial charge is 0.335 e. The fourth-order valence-electron chi connectivity index (χ4n) is 4.68. The van der Waals surface area contributed by atoms with Crippen molar-refractivity contribution in [2.45, 2.75) is 32.1 Å². The van der Waals surface area contributed by atoms with Crippen molar-refractivity contribution in [2.75, 3.05) is 6.61 Å². The monoisotopic (exact) mass is 601 g/mol. The van der Waals surface area contributed by atoms with Gasteiger partial charge in [-0.1, -0.05) is 0 Å². The first kappa shape index (κ1) is 28.6. The molecule has 4 heterocycles. The topological polar surface area (TPSA) is 132 Å². The van der Waals surface area contributed by atoms with Crippen molar-refractivity contribution < 1.29 is 37.3 Å². The average molecular weight is 602 g/mol. The number of halogens is 3. The summed E-state index contributed by atoms with van der Waals surface area (Å²) in [6, 6.07) is 12.2. The SMILES string of the molecule is N#Cc1ccc(OCc2cc(Oc3cnc(Cc4nc5c(F)cc(C(=O)O)cc5n4C[C@@H]4CCO4)c(F)c3)ccn2)c(F)c1. The van der Waals surface area contributed by atoms with Gasteiger partial charge in [0.1, 0.15) is 35.3 Å². The van der Waals surface area contributed by atoms with Crippen molar-refractivity contribution in [3.8, 4) is 23.3 Å². The number of aromatic nitrogens is 4. The van der Waals surface area contributed by atoms with Crippen molar-refractivity contribution >= 4 is 17.0 Å². The van der Waals surface area contributed by atoms with Crippen LogP contribution in [0.25, 0.3) is 11.0 Å². The van der Waals surface area contributed by atoms with Crippen molar-refractivity contribution in [3.05, 3.63) is 107 Å². The van der Waals surface area contributed by atoms with Crippen LogP contribution in [0.1, 0.15) is 39.6 Å². The maximum atomic E-state index is 15.3. The number of fused-ring (bicyclic) bond motifs is 1. The number of carboxylic acid groups (broad SMARTS) is 1. The average Bonchev–Trinajstić information content (AvgIpc) is 3.33. The van der Waals surface area contributed by atoms with Gasteiger partial charge in [-0.3, -0.25) is 9.97 Å². The molecule has 6 rings (SSSR count). The molecule has 0 radical (unpaired) electrons. The number of hydrogen-bond acceptors (Lipinski definition) is 8. The van der Waals surface area contributed by atoms with E-state index in [0.717, 1.165) is 24.6 Å². The van der Waals surface area contributed by atoms with Crippen LogP contribution in [0.15, 0.2) is 60.9 Å². The van der Waals surface area contributed by atoms with Crippen LogP contribution in [0.3, 0.4) is 0 Å². The van der Waals surface area contributed by atoms with Crippen molar-refractivity contribution in [2.24, 2.45) is 0 Å². The largest absolute Gasteiger partial charge is 0.484 e. The van der Waals surface area contributed by atoms with Gasteiger partial charge in [-0.25, -0.2) is 22.9 Å². The first-order valence-electron chi connectivity index (χ1n) is 13.4. The molecule has 1 saturated heterocycles. The van der Waals surface area contributed by atoms with Crippen LogP contribution in [0.4, 0.5) is 13.2 Å². The Kier molecular flexibility index (Phi) is 7.82. The molecule has 44 heavy (non-hydrogen) atoms. The van der Waals surface area contributed by atoms with Gasteiger partial charge in [0.05, 0.1) is 59.4 Å². The van der Waals surface area contributed by atoms with E-state index in [9.17, 15) is 18.7 Å². The standard InChI is InChI=1S/C31H22F3N5O5/c32-23-11-22(44-20-3-5-36-19(10-20)16-43-28-2-1-17(13-35)7-24(28)33)14-37-26(23)12-29-38-30-25(34)8-18(31(40)41)9-27(30)39(29)15-21-4-6-42-21/h1-3,5,7-11,14,21H,4,6,12,15-16H2,(H,40,41)/t21-/m0/s1. The Hall–Kier alpha value is -5.48. The molecular formula is C31H22F3N5O5. The van der Waals surface area contributed by atoms with E-state index in [0.29, 0.717) is 30.4 Å². The summed E-state index contributed by atoms with van der Waals surface area (Å²) in [7, 11) is 0. The predicted octanol–water partition coefficient (Wildman–Crippen LogP) is 5.56. The summed E-state index contributed by atoms with van der Waals surface area (Å²) < 4.78 is 62.6. The Morgan fingerprint density at radius 3 is 2.61 bits per heavy atom. The van der Waals surface area contributed by atoms with Gasteiger partial charge in [0.15, 0.2) is 17.4 Å². The third kappa shape index (κ3) is 6.02. The second-order valence-electron chi connectivity index (χ2n) is 9.96. The fraction of sp³-hybridized carbons (Fsp3) is 0.194. The molecule has 0 spiro atoms. The van der Waals surface area contributed by atoms with Gasteiger partial charge in [0.2, 0.25) is 0 Å². The lowest BCUT2D eigenvalue weighted by Crippen LogP contribution is -2.31. The lowest BCUT2D eigenvalue weighted by atomic mass is 10.1. The summed E-state index contributed by atoms with van der Waals surface area (Å²) in [5, 5.41) is 18.3. The Balaban J connectivity index is 1.19. The van der Waals surface area contributed by atoms with Gasteiger partial charge in [-0.15, -0.1) is 0 Å². The summed E-state index contributed by atoms with van der Waals surface area (Å²) in [6.07, 6.45) is 3.29. The second-order valence-corrected chi connectivity index (χ2v) is 9.96. The van der Waals surface area contributed by atoms with Gasteiger partial charge < -0.3 is 23.9 Å². The molecule has 1 fully saturated rings. The number of hydrogen-bond donors (Lipinski definition) is 1. The van der Waals surface area contributed by atoms with Gasteiger partial charge in [0, 0.05) is 24.9 Å². The molecule has 0 bridgehead atoms. The number of nitrogens with zero attached hydrogens (tertiary/aromatic N) is 5. The van der Waals surface area contributed by atoms with Crippen LogP contribution in [-0.4, -0.2) is 43.3 Å². The zero-order chi connectivity index (χ0) is 30.8. The number of carbonyl (C=O) groups is 1. The van der Waals surface area contributed by atoms with E-state index in [1.165, 1.54) is 36.7 Å². The number of aromatic carboxylic acids is 1. The molecule has 1 N–H and O–H groups in total. The summed E-state index contributed by atoms with van der Waals surface area (Å²) in [4.78, 5) is 24.3. The van der Waals surface area contributed by atoms with Crippen LogP contribution in [0, 0.1) is 28.8 Å². The number of ether oxygens (including phenoxy) is 3. The molecule has 0 amide bonds. The minimum atomic E-state index is -1.28. The Bertz CT molecular complexity index is 1940. The van der Waals surface area contributed by atoms with Crippen LogP contribution in [0.5, 0.6) is 17.2 Å². The number of nitriles is 1. The Morgan fingerprint density at radius 2 is 1.91 bits per heavy atom. The van der Waals surface area contributed by atoms with Crippen LogP contribution >= 0.6 is 0 Å². The highest BCUT2D eigenvalue weighted by Crippen LogP contribution is 2.28. The number of carboxylic acids is 1. The molecule has 13 heteroatoms. The maximum Gasteiger partial charge on any atom is 0.335 e. The van der Waals surface area contributed by atoms with Crippen molar-refractivity contribution in [1.82, 2.24) is 19.5 Å². The molecule has 1 atom stereocenters. The highest BCUT2D eigenvalue weighted by molar-refractivity contribution is 5.92. The molecule has 0 saturated carbocycles. The first-order chi connectivity index (χ1) is 21.3. The Labute approximate surface area is 247 Å². The number of rotatable bonds is 10. The fourth-order valence-corrected chi connectivity index (χ4v) is 4.68. The Morgan fingerprint density at radius 1 is 1.07 bits per heavy atom. The molecule has 0 aliphatic carbocycles. The number of benzene rings is 2. The van der Waals surface area contributed by atoms with E-state index in [2.05, 4.69) is 15.0 Å². The zero-order valence-electron chi connectivity index (χ0n) is 22.8. The molecule has 0 unspecified atom stereocenters. The van der Waals surface area contributed by atoms with E-state index in [1.54, 1.807) is 10.6 Å². The number of pyridine rings is 2. The summed E-state index contributed by atoms with van der Waals surface area (Å²) in [5.41, 5.74) is 0.617. The molecular weight excluding hydrogens is 579 g/mol. The molecule has 3 aromatic heterocycles. The van der Waals surface area contributed by atoms with E-state index >= 15 is 4.39 Å². The molecule has 1 aliphatic heterocycles. The highest BCUT2D eigenvalue weighted by atomic mass is 19.1. The highest BCUT2D eigenvalue weighted by Gasteiger charge is 2.25. The molecule has 5 aromatic rings. The van der Waals surface area contributed by atoms with Crippen molar-refractivity contribution in [1.29, 1.82) is 5.26 Å². The normalized spacial score (nSPS) is 14.2. The molecule has 2 aromatic carbocycles. The third-order valence-corrected chi connectivity index (χ3v) is 6.99. The van der Waals surface area contributed by atoms with Crippen LogP contribution in [0.2, 0.25) is 0 Å². The molecule has 222 valence electrons. The van der Waals surface area contributed by atoms with Gasteiger partial charge >= 0.3 is 5.97 Å². The van der Waals surface area contributed by atoms with Crippen LogP contribution in [-0.2, 0) is 24.3 Å². The van der Waals surface area contributed by atoms with Gasteiger partial charge in [-0.2, -0.15) is 5.26 Å². The second kappa shape index (κ2) is 12.0. The van der Waals surface area contributed by atoms with E-state index in [-0.39, 0.29) is 58.5 Å². The predicted molar refractivity (Wildman–Crippen MR) is 148 cm³/mol.